The molecule has 0 saturated heterocycles. The number of hydrogen-bond acceptors (Lipinski definition) is 4. The van der Waals surface area contributed by atoms with Crippen LogP contribution in [0.2, 0.25) is 0 Å². The number of hydrogen-bond donors (Lipinski definition) is 2. The van der Waals surface area contributed by atoms with Gasteiger partial charge in [-0.05, 0) is 47.1 Å². The van der Waals surface area contributed by atoms with Gasteiger partial charge in [0.1, 0.15) is 5.82 Å². The molecule has 0 atom stereocenters. The van der Waals surface area contributed by atoms with Gasteiger partial charge in [0, 0.05) is 10.6 Å². The number of halogens is 1. The molecule has 2 heterocycles. The van der Waals surface area contributed by atoms with Gasteiger partial charge in [0.15, 0.2) is 0 Å². The molecule has 0 bridgehead atoms. The summed E-state index contributed by atoms with van der Waals surface area (Å²) in [6.45, 7) is 2.41. The van der Waals surface area contributed by atoms with Crippen molar-refractivity contribution in [2.45, 2.75) is 13.5 Å². The van der Waals surface area contributed by atoms with Crippen LogP contribution in [0, 0.1) is 6.92 Å². The highest BCUT2D eigenvalue weighted by Gasteiger charge is 2.06. The van der Waals surface area contributed by atoms with Crippen LogP contribution in [0.1, 0.15) is 20.9 Å². The molecule has 0 unspecified atom stereocenters. The molecule has 0 radical (unpaired) electrons. The van der Waals surface area contributed by atoms with Gasteiger partial charge in [0.25, 0.3) is 0 Å². The monoisotopic (exact) mass is 326 g/mol. The van der Waals surface area contributed by atoms with E-state index in [2.05, 4.69) is 26.2 Å². The number of thiophene rings is 1. The number of carbonyl (C=O) groups is 1. The molecule has 0 saturated carbocycles. The van der Waals surface area contributed by atoms with Crippen LogP contribution in [0.5, 0.6) is 0 Å². The number of nitrogens with zero attached hydrogens (tertiary/aromatic N) is 1. The predicted molar refractivity (Wildman–Crippen MR) is 75.3 cm³/mol. The number of rotatable bonds is 4. The Hall–Kier alpha value is -1.40. The van der Waals surface area contributed by atoms with Crippen LogP contribution in [0.3, 0.4) is 0 Å². The fourth-order valence-electron chi connectivity index (χ4n) is 1.51. The lowest BCUT2D eigenvalue weighted by Crippen LogP contribution is -2.04. The molecule has 4 nitrogen and oxygen atoms in total. The first-order chi connectivity index (χ1) is 8.54. The van der Waals surface area contributed by atoms with Crippen LogP contribution in [-0.2, 0) is 6.54 Å². The normalized spacial score (nSPS) is 10.3. The molecule has 0 aliphatic rings. The van der Waals surface area contributed by atoms with E-state index >= 15 is 0 Å². The SMILES string of the molecule is Cc1cc(C(=O)O)cc(NCc2ccc(Br)s2)n1. The van der Waals surface area contributed by atoms with Crippen molar-refractivity contribution in [1.82, 2.24) is 4.98 Å². The molecule has 2 aromatic rings. The quantitative estimate of drug-likeness (QED) is 0.902. The number of aromatic carboxylic acids is 1. The Morgan fingerprint density at radius 2 is 2.28 bits per heavy atom. The standard InChI is InChI=1S/C12H11BrN2O2S/c1-7-4-8(12(16)17)5-11(15-7)14-6-9-2-3-10(13)18-9/h2-5H,6H2,1H3,(H,14,15)(H,16,17). The maximum Gasteiger partial charge on any atom is 0.335 e. The Morgan fingerprint density at radius 1 is 1.50 bits per heavy atom. The Bertz CT molecular complexity index is 583. The number of carboxylic acids is 1. The molecule has 6 heteroatoms. The van der Waals surface area contributed by atoms with Gasteiger partial charge in [-0.25, -0.2) is 9.78 Å². The topological polar surface area (TPSA) is 62.2 Å². The van der Waals surface area contributed by atoms with Crippen molar-refractivity contribution in [2.24, 2.45) is 0 Å². The van der Waals surface area contributed by atoms with Gasteiger partial charge >= 0.3 is 5.97 Å². The first-order valence-corrected chi connectivity index (χ1v) is 6.85. The second kappa shape index (κ2) is 5.49. The number of aryl methyl sites for hydroxylation is 1. The van der Waals surface area contributed by atoms with Gasteiger partial charge in [-0.15, -0.1) is 11.3 Å². The molecular weight excluding hydrogens is 316 g/mol. The molecule has 2 N–H and O–H groups in total. The first-order valence-electron chi connectivity index (χ1n) is 5.24. The second-order valence-corrected chi connectivity index (χ2v) is 6.29. The average molecular weight is 327 g/mol. The van der Waals surface area contributed by atoms with Crippen LogP contribution >= 0.6 is 27.3 Å². The summed E-state index contributed by atoms with van der Waals surface area (Å²) in [5.41, 5.74) is 0.933. The van der Waals surface area contributed by atoms with Crippen LogP contribution in [0.15, 0.2) is 28.1 Å². The lowest BCUT2D eigenvalue weighted by atomic mass is 10.2. The van der Waals surface area contributed by atoms with Crippen LogP contribution in [0.4, 0.5) is 5.82 Å². The molecule has 18 heavy (non-hydrogen) atoms. The lowest BCUT2D eigenvalue weighted by molar-refractivity contribution is 0.0696. The van der Waals surface area contributed by atoms with Gasteiger partial charge in [-0.1, -0.05) is 0 Å². The Morgan fingerprint density at radius 3 is 2.89 bits per heavy atom. The third kappa shape index (κ3) is 3.30. The first kappa shape index (κ1) is 13.0. The molecule has 0 spiro atoms. The fraction of sp³-hybridized carbons (Fsp3) is 0.167. The number of anilines is 1. The number of pyridine rings is 1. The van der Waals surface area contributed by atoms with E-state index in [1.165, 1.54) is 6.07 Å². The molecular formula is C12H11BrN2O2S. The number of carboxylic acid groups (broad SMARTS) is 1. The van der Waals surface area contributed by atoms with Crippen molar-refractivity contribution in [3.05, 3.63) is 44.2 Å². The summed E-state index contributed by atoms with van der Waals surface area (Å²) in [4.78, 5) is 16.3. The summed E-state index contributed by atoms with van der Waals surface area (Å²) >= 11 is 5.03. The molecule has 94 valence electrons. The highest BCUT2D eigenvalue weighted by Crippen LogP contribution is 2.22. The highest BCUT2D eigenvalue weighted by molar-refractivity contribution is 9.11. The third-order valence-corrected chi connectivity index (χ3v) is 3.90. The molecule has 0 amide bonds. The van der Waals surface area contributed by atoms with Gasteiger partial charge in [-0.3, -0.25) is 0 Å². The number of aromatic nitrogens is 1. The summed E-state index contributed by atoms with van der Waals surface area (Å²) in [6.07, 6.45) is 0. The minimum Gasteiger partial charge on any atom is -0.478 e. The predicted octanol–water partition coefficient (Wildman–Crippen LogP) is 3.52. The van der Waals surface area contributed by atoms with Crippen molar-refractivity contribution >= 4 is 39.1 Å². The fourth-order valence-corrected chi connectivity index (χ4v) is 2.93. The largest absolute Gasteiger partial charge is 0.478 e. The van der Waals surface area contributed by atoms with E-state index < -0.39 is 5.97 Å². The van der Waals surface area contributed by atoms with E-state index in [0.717, 1.165) is 8.66 Å². The Kier molecular flexibility index (Phi) is 3.98. The third-order valence-electron chi connectivity index (χ3n) is 2.27. The molecule has 2 aromatic heterocycles. The smallest absolute Gasteiger partial charge is 0.335 e. The summed E-state index contributed by atoms with van der Waals surface area (Å²) in [6, 6.07) is 7.08. The zero-order valence-corrected chi connectivity index (χ0v) is 12.0. The Labute approximate surface area is 117 Å². The summed E-state index contributed by atoms with van der Waals surface area (Å²) in [5.74, 6) is -0.362. The van der Waals surface area contributed by atoms with Crippen molar-refractivity contribution in [1.29, 1.82) is 0 Å². The van der Waals surface area contributed by atoms with E-state index in [0.29, 0.717) is 18.1 Å². The molecule has 0 aliphatic carbocycles. The van der Waals surface area contributed by atoms with Crippen molar-refractivity contribution in [2.75, 3.05) is 5.32 Å². The van der Waals surface area contributed by atoms with Crippen molar-refractivity contribution in [3.8, 4) is 0 Å². The molecule has 0 aliphatic heterocycles. The zero-order valence-electron chi connectivity index (χ0n) is 9.61. The van der Waals surface area contributed by atoms with Gasteiger partial charge in [-0.2, -0.15) is 0 Å². The highest BCUT2D eigenvalue weighted by atomic mass is 79.9. The minimum absolute atomic E-state index is 0.248. The van der Waals surface area contributed by atoms with E-state index in [-0.39, 0.29) is 5.56 Å². The second-order valence-electron chi connectivity index (χ2n) is 3.75. The lowest BCUT2D eigenvalue weighted by Gasteiger charge is -2.06. The Balaban J connectivity index is 2.11. The zero-order chi connectivity index (χ0) is 13.1. The van der Waals surface area contributed by atoms with Crippen LogP contribution in [-0.4, -0.2) is 16.1 Å². The van der Waals surface area contributed by atoms with E-state index in [1.54, 1.807) is 24.3 Å². The molecule has 2 rings (SSSR count). The van der Waals surface area contributed by atoms with Crippen molar-refractivity contribution in [3.63, 3.8) is 0 Å². The van der Waals surface area contributed by atoms with Gasteiger partial charge in [0.05, 0.1) is 15.9 Å². The van der Waals surface area contributed by atoms with Gasteiger partial charge in [0.2, 0.25) is 0 Å². The van der Waals surface area contributed by atoms with E-state index in [1.807, 2.05) is 12.1 Å². The number of nitrogens with one attached hydrogen (secondary N) is 1. The maximum absolute atomic E-state index is 10.9. The van der Waals surface area contributed by atoms with Crippen LogP contribution in [0.25, 0.3) is 0 Å². The summed E-state index contributed by atoms with van der Waals surface area (Å²) < 4.78 is 1.07. The van der Waals surface area contributed by atoms with Crippen molar-refractivity contribution < 1.29 is 9.90 Å². The average Bonchev–Trinajstić information content (AvgIpc) is 2.72. The molecule has 0 fully saturated rings. The maximum atomic E-state index is 10.9. The van der Waals surface area contributed by atoms with E-state index in [9.17, 15) is 4.79 Å². The summed E-state index contributed by atoms with van der Waals surface area (Å²) in [5, 5.41) is 12.1. The summed E-state index contributed by atoms with van der Waals surface area (Å²) in [7, 11) is 0. The molecule has 0 aromatic carbocycles. The van der Waals surface area contributed by atoms with E-state index in [4.69, 9.17) is 5.11 Å². The van der Waals surface area contributed by atoms with Gasteiger partial charge < -0.3 is 10.4 Å². The van der Waals surface area contributed by atoms with Crippen LogP contribution < -0.4 is 5.32 Å². The minimum atomic E-state index is -0.942.